The first-order valence-electron chi connectivity index (χ1n) is 8.71. The van der Waals surface area contributed by atoms with Crippen LogP contribution < -0.4 is 0 Å². The highest BCUT2D eigenvalue weighted by Crippen LogP contribution is 2.26. The molecule has 128 valence electrons. The molecule has 4 nitrogen and oxygen atoms in total. The van der Waals surface area contributed by atoms with Crippen LogP contribution in [0.3, 0.4) is 0 Å². The van der Waals surface area contributed by atoms with Gasteiger partial charge >= 0.3 is 0 Å². The van der Waals surface area contributed by atoms with Gasteiger partial charge in [0.2, 0.25) is 5.91 Å². The first kappa shape index (κ1) is 17.8. The predicted octanol–water partition coefficient (Wildman–Crippen LogP) is 3.90. The summed E-state index contributed by atoms with van der Waals surface area (Å²) in [6.07, 6.45) is 4.80. The zero-order valence-corrected chi connectivity index (χ0v) is 14.5. The molecule has 0 heterocycles. The van der Waals surface area contributed by atoms with Crippen molar-refractivity contribution in [2.75, 3.05) is 13.2 Å². The molecule has 4 heteroatoms. The van der Waals surface area contributed by atoms with Crippen LogP contribution in [0.15, 0.2) is 24.3 Å². The molecule has 1 fully saturated rings. The zero-order valence-electron chi connectivity index (χ0n) is 14.5. The van der Waals surface area contributed by atoms with Gasteiger partial charge in [-0.05, 0) is 50.3 Å². The Bertz CT molecular complexity index is 517. The molecule has 1 saturated carbocycles. The second-order valence-corrected chi connectivity index (χ2v) is 6.66. The van der Waals surface area contributed by atoms with Crippen LogP contribution in [0.4, 0.5) is 0 Å². The van der Waals surface area contributed by atoms with E-state index in [9.17, 15) is 9.90 Å². The summed E-state index contributed by atoms with van der Waals surface area (Å²) in [6.45, 7) is 6.98. The van der Waals surface area contributed by atoms with Gasteiger partial charge in [-0.1, -0.05) is 31.9 Å². The van der Waals surface area contributed by atoms with Crippen molar-refractivity contribution in [1.82, 2.24) is 4.90 Å². The number of carbonyl (C=O) groups is 1. The average molecular weight is 319 g/mol. The number of hydrogen-bond donors (Lipinski definition) is 1. The van der Waals surface area contributed by atoms with E-state index in [4.69, 9.17) is 4.74 Å². The Labute approximate surface area is 139 Å². The maximum atomic E-state index is 12.5. The fourth-order valence-electron chi connectivity index (χ4n) is 3.43. The molecule has 2 rings (SSSR count). The summed E-state index contributed by atoms with van der Waals surface area (Å²) in [5.41, 5.74) is 0.937. The molecule has 0 spiro atoms. The van der Waals surface area contributed by atoms with Crippen molar-refractivity contribution in [2.24, 2.45) is 5.92 Å². The number of rotatable bonds is 6. The first-order chi connectivity index (χ1) is 11.0. The number of carbonyl (C=O) groups excluding carboxylic acids is 1. The van der Waals surface area contributed by atoms with Gasteiger partial charge in [-0.3, -0.25) is 4.79 Å². The van der Waals surface area contributed by atoms with Gasteiger partial charge in [0.15, 0.2) is 0 Å². The molecule has 0 radical (unpaired) electrons. The molecular weight excluding hydrogens is 290 g/mol. The van der Waals surface area contributed by atoms with Gasteiger partial charge in [-0.25, -0.2) is 0 Å². The van der Waals surface area contributed by atoms with Gasteiger partial charge in [0.05, 0.1) is 12.1 Å². The van der Waals surface area contributed by atoms with Crippen molar-refractivity contribution in [2.45, 2.75) is 58.6 Å². The van der Waals surface area contributed by atoms with Gasteiger partial charge < -0.3 is 14.7 Å². The molecule has 1 aromatic carbocycles. The summed E-state index contributed by atoms with van der Waals surface area (Å²) in [5, 5.41) is 9.63. The second kappa shape index (κ2) is 8.34. The van der Waals surface area contributed by atoms with Crippen molar-refractivity contribution in [3.05, 3.63) is 29.8 Å². The number of phenolic OH excluding ortho intramolecular Hbond substituents is 1. The van der Waals surface area contributed by atoms with Crippen LogP contribution in [-0.2, 0) is 9.53 Å². The Balaban J connectivity index is 1.92. The minimum atomic E-state index is -0.0755. The molecule has 1 N–H and O–H groups in total. The normalized spacial score (nSPS) is 22.6. The van der Waals surface area contributed by atoms with E-state index < -0.39 is 0 Å². The van der Waals surface area contributed by atoms with E-state index >= 15 is 0 Å². The summed E-state index contributed by atoms with van der Waals surface area (Å²) < 4.78 is 5.87. The molecule has 1 aliphatic carbocycles. The number of aromatic hydroxyl groups is 1. The number of phenols is 1. The van der Waals surface area contributed by atoms with E-state index in [0.29, 0.717) is 12.5 Å². The van der Waals surface area contributed by atoms with Gasteiger partial charge in [-0.15, -0.1) is 0 Å². The van der Waals surface area contributed by atoms with Crippen molar-refractivity contribution < 1.29 is 14.6 Å². The van der Waals surface area contributed by atoms with Crippen LogP contribution in [0.25, 0.3) is 0 Å². The summed E-state index contributed by atoms with van der Waals surface area (Å²) in [5.74, 6) is 0.934. The van der Waals surface area contributed by atoms with E-state index in [2.05, 4.69) is 6.92 Å². The van der Waals surface area contributed by atoms with Gasteiger partial charge in [-0.2, -0.15) is 0 Å². The Morgan fingerprint density at radius 1 is 1.43 bits per heavy atom. The highest BCUT2D eigenvalue weighted by atomic mass is 16.5. The van der Waals surface area contributed by atoms with Crippen LogP contribution in [-0.4, -0.2) is 35.2 Å². The lowest BCUT2D eigenvalue weighted by atomic mass is 9.89. The lowest BCUT2D eigenvalue weighted by Crippen LogP contribution is -2.37. The van der Waals surface area contributed by atoms with Gasteiger partial charge in [0, 0.05) is 6.54 Å². The molecule has 1 aliphatic rings. The minimum absolute atomic E-state index is 0.0153. The molecule has 0 aliphatic heterocycles. The predicted molar refractivity (Wildman–Crippen MR) is 91.3 cm³/mol. The van der Waals surface area contributed by atoms with Crippen LogP contribution in [0.2, 0.25) is 0 Å². The molecule has 0 saturated heterocycles. The molecule has 23 heavy (non-hydrogen) atoms. The molecule has 0 aromatic heterocycles. The molecule has 0 bridgehead atoms. The van der Waals surface area contributed by atoms with E-state index in [1.165, 1.54) is 12.8 Å². The number of hydrogen-bond acceptors (Lipinski definition) is 3. The largest absolute Gasteiger partial charge is 0.508 e. The summed E-state index contributed by atoms with van der Waals surface area (Å²) in [6, 6.07) is 7.02. The maximum absolute atomic E-state index is 12.5. The average Bonchev–Trinajstić information content (AvgIpc) is 2.53. The molecule has 3 atom stereocenters. The number of benzene rings is 1. The van der Waals surface area contributed by atoms with E-state index in [-0.39, 0.29) is 30.4 Å². The van der Waals surface area contributed by atoms with Crippen molar-refractivity contribution in [3.63, 3.8) is 0 Å². The number of amides is 1. The smallest absolute Gasteiger partial charge is 0.249 e. The van der Waals surface area contributed by atoms with Crippen LogP contribution in [0.5, 0.6) is 5.75 Å². The van der Waals surface area contributed by atoms with Crippen LogP contribution in [0.1, 0.15) is 58.1 Å². The van der Waals surface area contributed by atoms with Crippen molar-refractivity contribution >= 4 is 5.91 Å². The number of ether oxygens (including phenoxy) is 1. The third kappa shape index (κ3) is 4.96. The first-order valence-corrected chi connectivity index (χ1v) is 8.71. The van der Waals surface area contributed by atoms with E-state index in [1.54, 1.807) is 23.1 Å². The zero-order chi connectivity index (χ0) is 16.8. The molecular formula is C19H29NO3. The van der Waals surface area contributed by atoms with Gasteiger partial charge in [0.1, 0.15) is 12.4 Å². The monoisotopic (exact) mass is 319 g/mol. The fourth-order valence-corrected chi connectivity index (χ4v) is 3.43. The van der Waals surface area contributed by atoms with E-state index in [0.717, 1.165) is 18.4 Å². The minimum Gasteiger partial charge on any atom is -0.508 e. The van der Waals surface area contributed by atoms with Crippen LogP contribution >= 0.6 is 0 Å². The Morgan fingerprint density at radius 3 is 2.87 bits per heavy atom. The van der Waals surface area contributed by atoms with E-state index in [1.807, 2.05) is 19.9 Å². The third-order valence-electron chi connectivity index (χ3n) is 4.81. The standard InChI is InChI=1S/C19H29NO3/c1-4-20(15(3)16-8-6-9-17(21)12-16)19(22)13-23-18-10-5-7-14(2)11-18/h6,8-9,12,14-15,18,21H,4-5,7,10-11,13H2,1-3H3/t14-,15+,18-/m1/s1. The maximum Gasteiger partial charge on any atom is 0.249 e. The molecule has 1 aromatic rings. The Hall–Kier alpha value is -1.55. The summed E-state index contributed by atoms with van der Waals surface area (Å²) in [4.78, 5) is 14.3. The van der Waals surface area contributed by atoms with Crippen molar-refractivity contribution in [1.29, 1.82) is 0 Å². The lowest BCUT2D eigenvalue weighted by Gasteiger charge is -2.31. The molecule has 1 amide bonds. The lowest BCUT2D eigenvalue weighted by molar-refractivity contribution is -0.141. The Kier molecular flexibility index (Phi) is 6.46. The second-order valence-electron chi connectivity index (χ2n) is 6.66. The van der Waals surface area contributed by atoms with Crippen molar-refractivity contribution in [3.8, 4) is 5.75 Å². The van der Waals surface area contributed by atoms with Gasteiger partial charge in [0.25, 0.3) is 0 Å². The SMILES string of the molecule is CCN(C(=O)CO[C@@H]1CCC[C@@H](C)C1)[C@@H](C)c1cccc(O)c1. The molecule has 0 unspecified atom stereocenters. The number of nitrogens with zero attached hydrogens (tertiary/aromatic N) is 1. The number of likely N-dealkylation sites (N-methyl/N-ethyl adjacent to an activating group) is 1. The third-order valence-corrected chi connectivity index (χ3v) is 4.81. The highest BCUT2D eigenvalue weighted by Gasteiger charge is 2.24. The quantitative estimate of drug-likeness (QED) is 0.865. The highest BCUT2D eigenvalue weighted by molar-refractivity contribution is 5.78. The summed E-state index contributed by atoms with van der Waals surface area (Å²) in [7, 11) is 0. The van der Waals surface area contributed by atoms with Crippen LogP contribution in [0, 0.1) is 5.92 Å². The topological polar surface area (TPSA) is 49.8 Å². The Morgan fingerprint density at radius 2 is 2.22 bits per heavy atom. The fraction of sp³-hybridized carbons (Fsp3) is 0.632. The summed E-state index contributed by atoms with van der Waals surface area (Å²) >= 11 is 0.